The summed E-state index contributed by atoms with van der Waals surface area (Å²) < 4.78 is 23.1. The second-order valence-corrected chi connectivity index (χ2v) is 16.1. The van der Waals surface area contributed by atoms with Gasteiger partial charge in [0, 0.05) is 6.42 Å². The van der Waals surface area contributed by atoms with Gasteiger partial charge >= 0.3 is 0 Å². The predicted molar refractivity (Wildman–Crippen MR) is 214 cm³/mol. The van der Waals surface area contributed by atoms with Crippen molar-refractivity contribution in [3.63, 3.8) is 0 Å². The molecule has 0 rings (SSSR count). The molecule has 9 heteroatoms. The SMILES string of the molecule is CCCCC/C=C\C=C/CCCCCCCCC(=O)NC(COP(=O)([O-])OCC[N+](C)(C)C)C(O)/C=C/CC/C=C/CC/C=C/CCCCCC. The molecule has 3 atom stereocenters. The number of carbonyl (C=O) groups excluding carboxylic acids is 1. The van der Waals surface area contributed by atoms with Crippen molar-refractivity contribution >= 4 is 13.7 Å². The molecule has 0 aromatic heterocycles. The molecular weight excluding hydrogens is 659 g/mol. The van der Waals surface area contributed by atoms with Crippen LogP contribution in [0.4, 0.5) is 0 Å². The highest BCUT2D eigenvalue weighted by Gasteiger charge is 2.23. The van der Waals surface area contributed by atoms with E-state index in [1.54, 1.807) is 6.08 Å². The highest BCUT2D eigenvalue weighted by atomic mass is 31.2. The molecule has 1 amide bonds. The Bertz CT molecular complexity index is 1020. The number of nitrogens with zero attached hydrogens (tertiary/aromatic N) is 1. The monoisotopic (exact) mass is 737 g/mol. The van der Waals surface area contributed by atoms with E-state index >= 15 is 0 Å². The molecule has 0 heterocycles. The van der Waals surface area contributed by atoms with Crippen molar-refractivity contribution in [2.24, 2.45) is 0 Å². The lowest BCUT2D eigenvalue weighted by Crippen LogP contribution is -2.45. The third-order valence-electron chi connectivity index (χ3n) is 8.46. The maximum atomic E-state index is 12.8. The molecule has 0 bridgehead atoms. The summed E-state index contributed by atoms with van der Waals surface area (Å²) in [5.74, 6) is -0.228. The van der Waals surface area contributed by atoms with E-state index in [4.69, 9.17) is 9.05 Å². The Labute approximate surface area is 313 Å². The molecule has 0 aromatic rings. The Morgan fingerprint density at radius 1 is 0.686 bits per heavy atom. The van der Waals surface area contributed by atoms with Gasteiger partial charge < -0.3 is 28.8 Å². The van der Waals surface area contributed by atoms with E-state index < -0.39 is 26.6 Å². The number of allylic oxidation sites excluding steroid dienone is 9. The zero-order valence-corrected chi connectivity index (χ0v) is 34.2. The van der Waals surface area contributed by atoms with Crippen LogP contribution in [0, 0.1) is 0 Å². The van der Waals surface area contributed by atoms with Crippen LogP contribution in [-0.4, -0.2) is 68.5 Å². The fraction of sp³-hybridized carbons (Fsp3) is 0.738. The van der Waals surface area contributed by atoms with Gasteiger partial charge in [0.1, 0.15) is 13.2 Å². The van der Waals surface area contributed by atoms with E-state index in [0.29, 0.717) is 17.4 Å². The molecular formula is C42H77N2O6P. The van der Waals surface area contributed by atoms with Crippen molar-refractivity contribution in [2.45, 2.75) is 161 Å². The van der Waals surface area contributed by atoms with Gasteiger partial charge in [-0.05, 0) is 70.6 Å². The average Bonchev–Trinajstić information content (AvgIpc) is 3.07. The lowest BCUT2D eigenvalue weighted by atomic mass is 10.1. The summed E-state index contributed by atoms with van der Waals surface area (Å²) in [6, 6.07) is -0.915. The first-order chi connectivity index (χ1) is 24.5. The van der Waals surface area contributed by atoms with Gasteiger partial charge in [-0.2, -0.15) is 0 Å². The maximum Gasteiger partial charge on any atom is 0.268 e. The highest BCUT2D eigenvalue weighted by molar-refractivity contribution is 7.45. The quantitative estimate of drug-likeness (QED) is 0.0221. The highest BCUT2D eigenvalue weighted by Crippen LogP contribution is 2.38. The predicted octanol–water partition coefficient (Wildman–Crippen LogP) is 10.1. The van der Waals surface area contributed by atoms with E-state index in [2.05, 4.69) is 67.8 Å². The van der Waals surface area contributed by atoms with Crippen molar-refractivity contribution in [1.29, 1.82) is 0 Å². The Hall–Kier alpha value is -1.80. The number of nitrogens with one attached hydrogen (secondary N) is 1. The molecule has 0 aromatic carbocycles. The molecule has 3 unspecified atom stereocenters. The Kier molecular flexibility index (Phi) is 32.8. The number of aliphatic hydroxyl groups is 1. The number of aliphatic hydroxyl groups excluding tert-OH is 1. The largest absolute Gasteiger partial charge is 0.756 e. The van der Waals surface area contributed by atoms with Gasteiger partial charge in [-0.15, -0.1) is 0 Å². The molecule has 51 heavy (non-hydrogen) atoms. The summed E-state index contributed by atoms with van der Waals surface area (Å²) in [4.78, 5) is 25.2. The van der Waals surface area contributed by atoms with Crippen LogP contribution in [0.25, 0.3) is 0 Å². The maximum absolute atomic E-state index is 12.8. The number of amides is 1. The summed E-state index contributed by atoms with van der Waals surface area (Å²) in [5, 5.41) is 13.7. The third-order valence-corrected chi connectivity index (χ3v) is 9.42. The van der Waals surface area contributed by atoms with E-state index in [1.165, 1.54) is 57.8 Å². The second kappa shape index (κ2) is 34.0. The van der Waals surface area contributed by atoms with Crippen molar-refractivity contribution in [3.8, 4) is 0 Å². The molecule has 2 N–H and O–H groups in total. The molecule has 0 spiro atoms. The number of phosphoric ester groups is 1. The first-order valence-corrected chi connectivity index (χ1v) is 21.6. The van der Waals surface area contributed by atoms with E-state index in [-0.39, 0.29) is 12.5 Å². The number of rotatable bonds is 35. The van der Waals surface area contributed by atoms with Gasteiger partial charge in [0.2, 0.25) is 5.91 Å². The molecule has 0 saturated carbocycles. The van der Waals surface area contributed by atoms with Crippen LogP contribution in [0.1, 0.15) is 149 Å². The average molecular weight is 737 g/mol. The number of quaternary nitrogens is 1. The van der Waals surface area contributed by atoms with Gasteiger partial charge in [0.25, 0.3) is 7.82 Å². The summed E-state index contributed by atoms with van der Waals surface area (Å²) in [6.45, 7) is 4.52. The van der Waals surface area contributed by atoms with Gasteiger partial charge in [0.15, 0.2) is 0 Å². The Balaban J connectivity index is 4.62. The summed E-state index contributed by atoms with van der Waals surface area (Å²) >= 11 is 0. The van der Waals surface area contributed by atoms with Crippen molar-refractivity contribution in [1.82, 2.24) is 5.32 Å². The summed E-state index contributed by atoms with van der Waals surface area (Å²) in [7, 11) is 1.21. The Morgan fingerprint density at radius 2 is 1.16 bits per heavy atom. The number of hydrogen-bond acceptors (Lipinski definition) is 6. The first-order valence-electron chi connectivity index (χ1n) is 20.2. The van der Waals surface area contributed by atoms with Crippen LogP contribution >= 0.6 is 7.82 Å². The number of likely N-dealkylation sites (N-methyl/N-ethyl adjacent to an activating group) is 1. The molecule has 0 saturated heterocycles. The molecule has 0 aliphatic rings. The minimum absolute atomic E-state index is 0.0140. The fourth-order valence-corrected chi connectivity index (χ4v) is 5.89. The van der Waals surface area contributed by atoms with Crippen LogP contribution < -0.4 is 10.2 Å². The van der Waals surface area contributed by atoms with Gasteiger partial charge in [-0.3, -0.25) is 9.36 Å². The van der Waals surface area contributed by atoms with Gasteiger partial charge in [-0.25, -0.2) is 0 Å². The fourth-order valence-electron chi connectivity index (χ4n) is 5.17. The van der Waals surface area contributed by atoms with Crippen LogP contribution in [0.2, 0.25) is 0 Å². The van der Waals surface area contributed by atoms with Crippen LogP contribution in [0.15, 0.2) is 60.8 Å². The van der Waals surface area contributed by atoms with Gasteiger partial charge in [-0.1, -0.05) is 132 Å². The standard InChI is InChI=1S/C42H77N2O6P/c1-6-8-10-12-14-16-18-20-22-24-26-28-30-32-34-36-42(46)43-40(39-50-51(47,48)49-38-37-44(3,4)5)41(45)35-33-31-29-27-25-23-21-19-17-15-13-11-9-7-2/h14,16-20,25,27,33,35,40-41,45H,6-13,15,21-24,26,28-32,34,36-39H2,1-5H3,(H-,43,46,47,48)/b16-14-,19-17+,20-18-,27-25+,35-33+. The van der Waals surface area contributed by atoms with Crippen LogP contribution in [0.3, 0.4) is 0 Å². The molecule has 0 radical (unpaired) electrons. The lowest BCUT2D eigenvalue weighted by molar-refractivity contribution is -0.870. The van der Waals surface area contributed by atoms with E-state index in [9.17, 15) is 19.4 Å². The number of unbranched alkanes of at least 4 members (excludes halogenated alkanes) is 15. The zero-order chi connectivity index (χ0) is 37.9. The lowest BCUT2D eigenvalue weighted by Gasteiger charge is -2.29. The van der Waals surface area contributed by atoms with E-state index in [0.717, 1.165) is 70.6 Å². The zero-order valence-electron chi connectivity index (χ0n) is 33.3. The summed E-state index contributed by atoms with van der Waals surface area (Å²) in [5.41, 5.74) is 0. The topological polar surface area (TPSA) is 108 Å². The van der Waals surface area contributed by atoms with E-state index in [1.807, 2.05) is 27.2 Å². The molecule has 8 nitrogen and oxygen atoms in total. The van der Waals surface area contributed by atoms with Crippen LogP contribution in [0.5, 0.6) is 0 Å². The molecule has 0 aliphatic carbocycles. The molecule has 0 aliphatic heterocycles. The first kappa shape index (κ1) is 49.2. The van der Waals surface area contributed by atoms with Gasteiger partial charge in [0.05, 0.1) is 39.9 Å². The summed E-state index contributed by atoms with van der Waals surface area (Å²) in [6.07, 6.45) is 42.6. The van der Waals surface area contributed by atoms with Crippen LogP contribution in [-0.2, 0) is 18.4 Å². The molecule has 296 valence electrons. The normalized spacial score (nSPS) is 15.2. The number of phosphoric acid groups is 1. The molecule has 0 fully saturated rings. The number of carbonyl (C=O) groups is 1. The van der Waals surface area contributed by atoms with Crippen molar-refractivity contribution in [3.05, 3.63) is 60.8 Å². The smallest absolute Gasteiger partial charge is 0.268 e. The number of hydrogen-bond donors (Lipinski definition) is 2. The van der Waals surface area contributed by atoms with Crippen molar-refractivity contribution < 1.29 is 32.9 Å². The minimum atomic E-state index is -4.60. The third kappa shape index (κ3) is 36.4. The Morgan fingerprint density at radius 3 is 1.75 bits per heavy atom. The van der Waals surface area contributed by atoms with Crippen molar-refractivity contribution in [2.75, 3.05) is 40.9 Å². The minimum Gasteiger partial charge on any atom is -0.756 e. The second-order valence-electron chi connectivity index (χ2n) is 14.6.